The molecule has 1 atom stereocenters. The molecule has 1 aromatic carbocycles. The molecule has 0 spiro atoms. The number of alkyl halides is 3. The first-order valence-electron chi connectivity index (χ1n) is 5.50. The first-order valence-corrected chi connectivity index (χ1v) is 7.05. The summed E-state index contributed by atoms with van der Waals surface area (Å²) in [6.45, 7) is 4.00. The molecule has 1 unspecified atom stereocenters. The second-order valence-corrected chi connectivity index (χ2v) is 6.48. The molecule has 0 aliphatic heterocycles. The Kier molecular flexibility index (Phi) is 4.78. The molecule has 0 aliphatic rings. The monoisotopic (exact) mass is 280 g/mol. The maximum atomic E-state index is 13.0. The van der Waals surface area contributed by atoms with Crippen LogP contribution in [-0.4, -0.2) is 20.3 Å². The number of rotatable bonds is 5. The van der Waals surface area contributed by atoms with Gasteiger partial charge in [0.1, 0.15) is 0 Å². The van der Waals surface area contributed by atoms with E-state index < -0.39 is 26.7 Å². The molecule has 0 radical (unpaired) electrons. The summed E-state index contributed by atoms with van der Waals surface area (Å²) in [5.41, 5.74) is -2.29. The van der Waals surface area contributed by atoms with Crippen LogP contribution in [0.5, 0.6) is 0 Å². The lowest BCUT2D eigenvalue weighted by atomic mass is 10.0. The Morgan fingerprint density at radius 1 is 1.06 bits per heavy atom. The Morgan fingerprint density at radius 2 is 1.56 bits per heavy atom. The van der Waals surface area contributed by atoms with Gasteiger partial charge in [0.15, 0.2) is 0 Å². The highest BCUT2D eigenvalue weighted by Crippen LogP contribution is 2.22. The van der Waals surface area contributed by atoms with Crippen LogP contribution in [0.25, 0.3) is 0 Å². The summed E-state index contributed by atoms with van der Waals surface area (Å²) in [4.78, 5) is -0.414. The van der Waals surface area contributed by atoms with Gasteiger partial charge in [0, 0.05) is 0 Å². The van der Waals surface area contributed by atoms with Gasteiger partial charge in [-0.15, -0.1) is 0 Å². The number of sulfone groups is 1. The smallest absolute Gasteiger partial charge is 0.223 e. The fraction of sp³-hybridized carbons (Fsp3) is 0.500. The molecule has 1 rings (SSSR count). The minimum atomic E-state index is -4.60. The summed E-state index contributed by atoms with van der Waals surface area (Å²) >= 11 is 0. The minimum Gasteiger partial charge on any atom is -0.223 e. The molecule has 102 valence electrons. The zero-order valence-corrected chi connectivity index (χ0v) is 10.9. The average molecular weight is 280 g/mol. The summed E-state index contributed by atoms with van der Waals surface area (Å²) in [6.07, 6.45) is -2.79. The van der Waals surface area contributed by atoms with Gasteiger partial charge in [0.2, 0.25) is 9.84 Å². The molecular weight excluding hydrogens is 265 g/mol. The molecule has 0 saturated heterocycles. The van der Waals surface area contributed by atoms with E-state index in [1.165, 1.54) is 24.3 Å². The van der Waals surface area contributed by atoms with Crippen LogP contribution in [0.2, 0.25) is 0 Å². The van der Waals surface area contributed by atoms with Gasteiger partial charge < -0.3 is 0 Å². The predicted molar refractivity (Wildman–Crippen MR) is 63.1 cm³/mol. The van der Waals surface area contributed by atoms with Crippen LogP contribution >= 0.6 is 0 Å². The van der Waals surface area contributed by atoms with E-state index in [0.717, 1.165) is 12.0 Å². The number of benzene rings is 1. The Labute approximate surface area is 105 Å². The van der Waals surface area contributed by atoms with E-state index in [4.69, 9.17) is 0 Å². The molecule has 0 N–H and O–H groups in total. The molecule has 0 saturated carbocycles. The van der Waals surface area contributed by atoms with E-state index in [0.29, 0.717) is 5.92 Å². The maximum Gasteiger partial charge on any atom is 0.284 e. The lowest BCUT2D eigenvalue weighted by Gasteiger charge is -2.10. The number of halogens is 3. The quantitative estimate of drug-likeness (QED) is 0.830. The van der Waals surface area contributed by atoms with Gasteiger partial charge in [-0.25, -0.2) is 21.6 Å². The average Bonchev–Trinajstić information content (AvgIpc) is 2.27. The van der Waals surface area contributed by atoms with Crippen molar-refractivity contribution in [2.24, 2.45) is 5.92 Å². The second kappa shape index (κ2) is 5.73. The van der Waals surface area contributed by atoms with Crippen LogP contribution in [0, 0.1) is 5.92 Å². The summed E-state index contributed by atoms with van der Waals surface area (Å²) in [5, 5.41) is 0. The molecule has 0 heterocycles. The van der Waals surface area contributed by atoms with Crippen LogP contribution in [0.15, 0.2) is 29.2 Å². The molecule has 0 bridgehead atoms. The third-order valence-corrected chi connectivity index (χ3v) is 4.12. The van der Waals surface area contributed by atoms with Gasteiger partial charge in [-0.1, -0.05) is 26.0 Å². The van der Waals surface area contributed by atoms with E-state index in [1.807, 2.05) is 13.8 Å². The van der Waals surface area contributed by atoms with Crippen LogP contribution in [-0.2, 0) is 16.3 Å². The van der Waals surface area contributed by atoms with Gasteiger partial charge in [-0.05, 0) is 30.0 Å². The van der Waals surface area contributed by atoms with Crippen molar-refractivity contribution >= 4 is 9.84 Å². The van der Waals surface area contributed by atoms with Crippen LogP contribution in [0.3, 0.4) is 0 Å². The van der Waals surface area contributed by atoms with Crippen molar-refractivity contribution in [2.45, 2.75) is 37.1 Å². The molecule has 6 heteroatoms. The number of hydrogen-bond acceptors (Lipinski definition) is 2. The Hall–Kier alpha value is -1.04. The highest BCUT2D eigenvalue weighted by molar-refractivity contribution is 7.92. The Morgan fingerprint density at radius 3 is 1.94 bits per heavy atom. The third kappa shape index (κ3) is 3.48. The van der Waals surface area contributed by atoms with Crippen LogP contribution in [0.4, 0.5) is 13.2 Å². The fourth-order valence-corrected chi connectivity index (χ4v) is 2.60. The van der Waals surface area contributed by atoms with E-state index in [9.17, 15) is 21.6 Å². The zero-order valence-electron chi connectivity index (χ0n) is 10.1. The number of hydrogen-bond donors (Lipinski definition) is 0. The predicted octanol–water partition coefficient (Wildman–Crippen LogP) is 3.22. The van der Waals surface area contributed by atoms with Crippen LogP contribution in [0.1, 0.15) is 19.4 Å². The minimum absolute atomic E-state index is 0.391. The Bertz CT molecular complexity index is 481. The molecular formula is C12H15F3O2S. The van der Waals surface area contributed by atoms with E-state index in [1.54, 1.807) is 0 Å². The molecule has 0 aromatic heterocycles. The van der Waals surface area contributed by atoms with Gasteiger partial charge >= 0.3 is 0 Å². The van der Waals surface area contributed by atoms with Gasteiger partial charge in [-0.3, -0.25) is 0 Å². The van der Waals surface area contributed by atoms with Gasteiger partial charge in [0.25, 0.3) is 11.9 Å². The third-order valence-electron chi connectivity index (χ3n) is 2.39. The van der Waals surface area contributed by atoms with Crippen molar-refractivity contribution in [1.29, 1.82) is 0 Å². The topological polar surface area (TPSA) is 34.1 Å². The molecule has 1 aromatic rings. The van der Waals surface area contributed by atoms with Crippen molar-refractivity contribution in [2.75, 3.05) is 0 Å². The summed E-state index contributed by atoms with van der Waals surface area (Å²) in [5.74, 6) is 0.391. The molecule has 0 fully saturated rings. The Balaban J connectivity index is 2.98. The first kappa shape index (κ1) is 15.0. The maximum absolute atomic E-state index is 13.0. The van der Waals surface area contributed by atoms with Crippen LogP contribution < -0.4 is 0 Å². The summed E-state index contributed by atoms with van der Waals surface area (Å²) in [6, 6.07) is 5.38. The standard InChI is InChI=1S/C12H15F3O2S/c1-8(2)7-9-3-5-10(6-4-9)18(16,17)12(15)11(13)14/h3-6,8,11-12H,7H2,1-2H3. The molecule has 2 nitrogen and oxygen atoms in total. The van der Waals surface area contributed by atoms with E-state index in [-0.39, 0.29) is 0 Å². The molecule has 0 amide bonds. The lowest BCUT2D eigenvalue weighted by molar-refractivity contribution is 0.0902. The van der Waals surface area contributed by atoms with Crippen molar-refractivity contribution in [3.8, 4) is 0 Å². The lowest BCUT2D eigenvalue weighted by Crippen LogP contribution is -2.24. The highest BCUT2D eigenvalue weighted by atomic mass is 32.2. The normalized spacial score (nSPS) is 14.2. The van der Waals surface area contributed by atoms with E-state index in [2.05, 4.69) is 0 Å². The van der Waals surface area contributed by atoms with Crippen molar-refractivity contribution in [1.82, 2.24) is 0 Å². The van der Waals surface area contributed by atoms with Crippen molar-refractivity contribution < 1.29 is 21.6 Å². The first-order chi connectivity index (χ1) is 8.25. The fourth-order valence-electron chi connectivity index (χ4n) is 1.55. The molecule has 0 aliphatic carbocycles. The second-order valence-electron chi connectivity index (χ2n) is 4.47. The van der Waals surface area contributed by atoms with Crippen molar-refractivity contribution in [3.63, 3.8) is 0 Å². The molecule has 18 heavy (non-hydrogen) atoms. The zero-order chi connectivity index (χ0) is 13.9. The largest absolute Gasteiger partial charge is 0.284 e. The van der Waals surface area contributed by atoms with Crippen molar-refractivity contribution in [3.05, 3.63) is 29.8 Å². The van der Waals surface area contributed by atoms with Gasteiger partial charge in [0.05, 0.1) is 4.90 Å². The summed E-state index contributed by atoms with van der Waals surface area (Å²) in [7, 11) is -4.60. The van der Waals surface area contributed by atoms with Gasteiger partial charge in [-0.2, -0.15) is 0 Å². The summed E-state index contributed by atoms with van der Waals surface area (Å²) < 4.78 is 60.1. The van der Waals surface area contributed by atoms with E-state index >= 15 is 0 Å². The highest BCUT2D eigenvalue weighted by Gasteiger charge is 2.35. The SMILES string of the molecule is CC(C)Cc1ccc(S(=O)(=O)C(F)C(F)F)cc1.